The molecule has 2 aliphatic rings. The van der Waals surface area contributed by atoms with Gasteiger partial charge in [0.25, 0.3) is 5.91 Å². The average molecular weight is 706 g/mol. The molecule has 1 amide bonds. The zero-order valence-electron chi connectivity index (χ0n) is 27.4. The molecule has 5 atom stereocenters. The third-order valence-electron chi connectivity index (χ3n) is 7.62. The minimum Gasteiger partial charge on any atom is -0.462 e. The topological polar surface area (TPSA) is 179 Å². The number of benzene rings is 2. The van der Waals surface area contributed by atoms with E-state index < -0.39 is 68.4 Å². The normalized spacial score (nSPS) is 22.4. The molecule has 2 unspecified atom stereocenters. The predicted molar refractivity (Wildman–Crippen MR) is 174 cm³/mol. The monoisotopic (exact) mass is 705 g/mol. The Morgan fingerprint density at radius 3 is 2.55 bits per heavy atom. The summed E-state index contributed by atoms with van der Waals surface area (Å²) in [6.07, 6.45) is -5.42. The fourth-order valence-electron chi connectivity index (χ4n) is 5.33. The lowest BCUT2D eigenvalue weighted by atomic mass is 10.00. The third-order valence-corrected chi connectivity index (χ3v) is 9.26. The van der Waals surface area contributed by atoms with Gasteiger partial charge in [0.05, 0.1) is 12.7 Å². The first-order chi connectivity index (χ1) is 23.0. The maximum atomic E-state index is 15.3. The number of esters is 1. The Balaban J connectivity index is 1.28. The fraction of sp³-hybridized carbons (Fsp3) is 0.438. The van der Waals surface area contributed by atoms with Crippen LogP contribution < -0.4 is 25.9 Å². The molecule has 5 rings (SSSR count). The van der Waals surface area contributed by atoms with Crippen LogP contribution in [0.4, 0.5) is 20.3 Å². The van der Waals surface area contributed by atoms with Crippen LogP contribution in [0, 0.1) is 0 Å². The van der Waals surface area contributed by atoms with E-state index in [-0.39, 0.29) is 17.1 Å². The van der Waals surface area contributed by atoms with Gasteiger partial charge in [-0.25, -0.2) is 9.36 Å². The Hall–Kier alpha value is -4.21. The predicted octanol–water partition coefficient (Wildman–Crippen LogP) is 4.27. The second-order valence-corrected chi connectivity index (χ2v) is 14.4. The highest BCUT2D eigenvalue weighted by atomic mass is 31.2. The van der Waals surface area contributed by atoms with Gasteiger partial charge in [-0.3, -0.25) is 18.7 Å². The van der Waals surface area contributed by atoms with Crippen LogP contribution in [-0.4, -0.2) is 69.0 Å². The summed E-state index contributed by atoms with van der Waals surface area (Å²) < 4.78 is 66.3. The first-order valence-electron chi connectivity index (χ1n) is 15.5. The lowest BCUT2D eigenvalue weighted by molar-refractivity contribution is -0.149. The molecule has 1 aromatic heterocycles. The Morgan fingerprint density at radius 1 is 1.16 bits per heavy atom. The number of rotatable bonds is 12. The molecule has 3 aromatic rings. The van der Waals surface area contributed by atoms with Gasteiger partial charge in [-0.05, 0) is 76.9 Å². The van der Waals surface area contributed by atoms with Gasteiger partial charge < -0.3 is 29.7 Å². The highest BCUT2D eigenvalue weighted by Gasteiger charge is 2.60. The maximum absolute atomic E-state index is 15.3. The summed E-state index contributed by atoms with van der Waals surface area (Å²) in [4.78, 5) is 41.9. The lowest BCUT2D eigenvalue weighted by Crippen LogP contribution is -2.42. The smallest absolute Gasteiger partial charge is 0.459 e. The van der Waals surface area contributed by atoms with Crippen molar-refractivity contribution in [3.63, 3.8) is 0 Å². The molecule has 49 heavy (non-hydrogen) atoms. The van der Waals surface area contributed by atoms with Crippen molar-refractivity contribution in [3.05, 3.63) is 82.4 Å². The maximum Gasteiger partial charge on any atom is 0.459 e. The summed E-state index contributed by atoms with van der Waals surface area (Å²) in [5, 5.41) is 18.8. The van der Waals surface area contributed by atoms with Crippen LogP contribution in [-0.2, 0) is 29.8 Å². The number of carbonyl (C=O) groups excluding carboxylic acids is 2. The number of aromatic nitrogens is 2. The van der Waals surface area contributed by atoms with Crippen LogP contribution in [0.1, 0.15) is 56.8 Å². The summed E-state index contributed by atoms with van der Waals surface area (Å²) >= 11 is 0. The van der Waals surface area contributed by atoms with Crippen molar-refractivity contribution in [3.8, 4) is 5.75 Å². The van der Waals surface area contributed by atoms with E-state index in [0.717, 1.165) is 29.9 Å². The van der Waals surface area contributed by atoms with Crippen molar-refractivity contribution in [1.29, 1.82) is 0 Å². The molecular formula is C32H38F2N5O9P. The Bertz CT molecular complexity index is 1810. The lowest BCUT2D eigenvalue weighted by Gasteiger charge is -2.25. The number of amides is 1. The SMILES string of the molecule is CC(C)OC(=O)[C@@H](C)NP(=O)(OC[C@H]1OC(n2ccc(NC(=O)c3ccc4c(c3)NC(C)(C)C4)nc2=O)C(F)(F)[C@@H]1O)Oc1ccccc1. The Labute approximate surface area is 280 Å². The first-order valence-corrected chi connectivity index (χ1v) is 17.0. The van der Waals surface area contributed by atoms with Crippen molar-refractivity contribution in [2.75, 3.05) is 17.2 Å². The zero-order chi connectivity index (χ0) is 35.7. The largest absolute Gasteiger partial charge is 0.462 e. The van der Waals surface area contributed by atoms with E-state index in [1.807, 2.05) is 19.9 Å². The summed E-state index contributed by atoms with van der Waals surface area (Å²) in [7, 11) is -4.49. The minimum absolute atomic E-state index is 0.0699. The van der Waals surface area contributed by atoms with Crippen LogP contribution >= 0.6 is 7.75 Å². The van der Waals surface area contributed by atoms with E-state index in [9.17, 15) is 24.1 Å². The number of ether oxygens (including phenoxy) is 2. The molecule has 2 aliphatic heterocycles. The van der Waals surface area contributed by atoms with Crippen molar-refractivity contribution in [1.82, 2.24) is 14.6 Å². The third kappa shape index (κ3) is 8.33. The van der Waals surface area contributed by atoms with E-state index in [4.69, 9.17) is 18.5 Å². The Morgan fingerprint density at radius 2 is 1.88 bits per heavy atom. The van der Waals surface area contributed by atoms with Gasteiger partial charge in [-0.2, -0.15) is 18.9 Å². The average Bonchev–Trinajstić information content (AvgIpc) is 3.45. The molecule has 0 aliphatic carbocycles. The number of hydrogen-bond acceptors (Lipinski definition) is 11. The zero-order valence-corrected chi connectivity index (χ0v) is 28.3. The molecule has 14 nitrogen and oxygen atoms in total. The van der Waals surface area contributed by atoms with Crippen LogP contribution in [0.15, 0.2) is 65.6 Å². The standard InChI is InChI=1S/C32H38F2N5O9P/c1-18(2)46-28(42)19(3)38-49(44,48-22-9-7-6-8-10-22)45-17-24-26(40)32(33,34)29(47-24)39-14-13-25(36-30(39)43)35-27(41)20-11-12-21-16-31(4,5)37-23(21)15-20/h6-15,18-19,24,26,29,37,40H,16-17H2,1-5H3,(H,38,44)(H,35,36,41,43)/t19-,24-,26-,29?,49?/m1/s1. The quantitative estimate of drug-likeness (QED) is 0.156. The number of anilines is 2. The molecule has 4 N–H and O–H groups in total. The van der Waals surface area contributed by atoms with E-state index in [0.29, 0.717) is 10.1 Å². The number of halogens is 2. The highest BCUT2D eigenvalue weighted by Crippen LogP contribution is 2.48. The van der Waals surface area contributed by atoms with Crippen molar-refractivity contribution in [2.24, 2.45) is 0 Å². The molecule has 0 spiro atoms. The number of hydrogen-bond donors (Lipinski definition) is 4. The van der Waals surface area contributed by atoms with Gasteiger partial charge in [0, 0.05) is 23.0 Å². The molecular weight excluding hydrogens is 667 g/mol. The number of aliphatic hydroxyl groups excluding tert-OH is 1. The van der Waals surface area contributed by atoms with Gasteiger partial charge in [-0.15, -0.1) is 0 Å². The number of nitrogens with one attached hydrogen (secondary N) is 3. The molecule has 1 fully saturated rings. The van der Waals surface area contributed by atoms with E-state index in [1.165, 1.54) is 19.1 Å². The van der Waals surface area contributed by atoms with E-state index >= 15 is 8.78 Å². The summed E-state index contributed by atoms with van der Waals surface area (Å²) in [6, 6.07) is 12.8. The molecule has 0 saturated carbocycles. The van der Waals surface area contributed by atoms with Gasteiger partial charge in [0.15, 0.2) is 6.10 Å². The molecule has 17 heteroatoms. The molecule has 1 saturated heterocycles. The second-order valence-electron chi connectivity index (χ2n) is 12.7. The van der Waals surface area contributed by atoms with Crippen LogP contribution in [0.25, 0.3) is 0 Å². The molecule has 3 heterocycles. The first kappa shape index (κ1) is 36.1. The number of aliphatic hydroxyl groups is 1. The van der Waals surface area contributed by atoms with Crippen LogP contribution in [0.2, 0.25) is 0 Å². The second kappa shape index (κ2) is 14.0. The number of nitrogens with zero attached hydrogens (tertiary/aromatic N) is 2. The number of fused-ring (bicyclic) bond motifs is 1. The summed E-state index contributed by atoms with van der Waals surface area (Å²) in [5.74, 6) is -5.52. The van der Waals surface area contributed by atoms with Crippen molar-refractivity contribution >= 4 is 31.1 Å². The number of alkyl halides is 2. The number of para-hydroxylation sites is 1. The van der Waals surface area contributed by atoms with Gasteiger partial charge >= 0.3 is 25.3 Å². The van der Waals surface area contributed by atoms with Crippen molar-refractivity contribution in [2.45, 2.75) is 83.1 Å². The highest BCUT2D eigenvalue weighted by molar-refractivity contribution is 7.52. The molecule has 0 bridgehead atoms. The van der Waals surface area contributed by atoms with Gasteiger partial charge in [0.2, 0.25) is 6.23 Å². The summed E-state index contributed by atoms with van der Waals surface area (Å²) in [5.41, 5.74) is 0.780. The summed E-state index contributed by atoms with van der Waals surface area (Å²) in [6.45, 7) is 7.74. The minimum atomic E-state index is -4.49. The van der Waals surface area contributed by atoms with Crippen LogP contribution in [0.5, 0.6) is 5.75 Å². The molecule has 264 valence electrons. The van der Waals surface area contributed by atoms with Gasteiger partial charge in [-0.1, -0.05) is 24.3 Å². The van der Waals surface area contributed by atoms with Crippen molar-refractivity contribution < 1.29 is 46.6 Å². The van der Waals surface area contributed by atoms with E-state index in [1.54, 1.807) is 44.2 Å². The molecule has 0 radical (unpaired) electrons. The fourth-order valence-corrected chi connectivity index (χ4v) is 6.84. The van der Waals surface area contributed by atoms with Crippen LogP contribution in [0.3, 0.4) is 0 Å². The molecule has 2 aromatic carbocycles. The van der Waals surface area contributed by atoms with E-state index in [2.05, 4.69) is 20.7 Å². The number of carbonyl (C=O) groups is 2. The Kier molecular flexibility index (Phi) is 10.3. The van der Waals surface area contributed by atoms with Gasteiger partial charge in [0.1, 0.15) is 23.7 Å².